The van der Waals surface area contributed by atoms with Crippen LogP contribution < -0.4 is 4.72 Å². The van der Waals surface area contributed by atoms with E-state index in [-0.39, 0.29) is 6.09 Å². The summed E-state index contributed by atoms with van der Waals surface area (Å²) in [5.41, 5.74) is -0.479. The molecule has 118 valence electrons. The summed E-state index contributed by atoms with van der Waals surface area (Å²) >= 11 is 0. The molecule has 1 aliphatic heterocycles. The van der Waals surface area contributed by atoms with Gasteiger partial charge in [0.15, 0.2) is 0 Å². The lowest BCUT2D eigenvalue weighted by atomic mass is 10.2. The number of nitrogens with one attached hydrogen (secondary N) is 1. The first-order chi connectivity index (χ1) is 9.07. The highest BCUT2D eigenvalue weighted by Crippen LogP contribution is 2.11. The Bertz CT molecular complexity index is 422. The number of ether oxygens (including phenoxy) is 1. The lowest BCUT2D eigenvalue weighted by Crippen LogP contribution is -2.51. The van der Waals surface area contributed by atoms with Gasteiger partial charge >= 0.3 is 6.09 Å². The quantitative estimate of drug-likeness (QED) is 0.796. The molecule has 1 aliphatic rings. The summed E-state index contributed by atoms with van der Waals surface area (Å²) in [6.45, 7) is 9.24. The first-order valence-electron chi connectivity index (χ1n) is 6.72. The van der Waals surface area contributed by atoms with E-state index in [1.54, 1.807) is 4.90 Å². The number of carbonyl (C=O) groups is 1. The van der Waals surface area contributed by atoms with Gasteiger partial charge in [0, 0.05) is 39.3 Å². The molecule has 0 aliphatic carbocycles. The van der Waals surface area contributed by atoms with Crippen molar-refractivity contribution in [1.82, 2.24) is 14.5 Å². The Labute approximate surface area is 121 Å². The Balaban J connectivity index is 2.28. The standard InChI is InChI=1S/C12H25N3O4S/c1-12(2,3)19-11(16)15-9-7-14(8-10-15)6-5-13-20(4,17)18/h13H,5-10H2,1-4H3. The zero-order valence-electron chi connectivity index (χ0n) is 12.7. The molecule has 0 aromatic heterocycles. The van der Waals surface area contributed by atoms with Crippen molar-refractivity contribution in [2.24, 2.45) is 0 Å². The minimum Gasteiger partial charge on any atom is -0.444 e. The minimum atomic E-state index is -3.13. The molecule has 1 N–H and O–H groups in total. The summed E-state index contributed by atoms with van der Waals surface area (Å²) in [6.07, 6.45) is 0.861. The number of amides is 1. The molecule has 0 atom stereocenters. The lowest BCUT2D eigenvalue weighted by molar-refractivity contribution is 0.0147. The highest BCUT2D eigenvalue weighted by atomic mass is 32.2. The van der Waals surface area contributed by atoms with Crippen LogP contribution in [0.25, 0.3) is 0 Å². The van der Waals surface area contributed by atoms with Crippen LogP contribution in [0.1, 0.15) is 20.8 Å². The van der Waals surface area contributed by atoms with Crippen LogP contribution in [0, 0.1) is 0 Å². The molecular weight excluding hydrogens is 282 g/mol. The van der Waals surface area contributed by atoms with Crippen LogP contribution in [0.15, 0.2) is 0 Å². The molecule has 0 radical (unpaired) electrons. The summed E-state index contributed by atoms with van der Waals surface area (Å²) in [4.78, 5) is 15.7. The van der Waals surface area contributed by atoms with Crippen LogP contribution in [0.2, 0.25) is 0 Å². The van der Waals surface area contributed by atoms with E-state index in [9.17, 15) is 13.2 Å². The fraction of sp³-hybridized carbons (Fsp3) is 0.917. The minimum absolute atomic E-state index is 0.286. The van der Waals surface area contributed by atoms with Crippen molar-refractivity contribution < 1.29 is 17.9 Å². The van der Waals surface area contributed by atoms with Crippen LogP contribution >= 0.6 is 0 Å². The Hall–Kier alpha value is -0.860. The van der Waals surface area contributed by atoms with Crippen LogP contribution in [-0.4, -0.2) is 75.4 Å². The fourth-order valence-electron chi connectivity index (χ4n) is 1.87. The summed E-state index contributed by atoms with van der Waals surface area (Å²) in [5, 5.41) is 0. The number of hydrogen-bond acceptors (Lipinski definition) is 5. The molecule has 0 aromatic carbocycles. The van der Waals surface area contributed by atoms with E-state index >= 15 is 0 Å². The highest BCUT2D eigenvalue weighted by Gasteiger charge is 2.25. The summed E-state index contributed by atoms with van der Waals surface area (Å²) in [5.74, 6) is 0. The van der Waals surface area contributed by atoms with Gasteiger partial charge in [-0.15, -0.1) is 0 Å². The van der Waals surface area contributed by atoms with Crippen molar-refractivity contribution in [3.05, 3.63) is 0 Å². The van der Waals surface area contributed by atoms with E-state index in [1.165, 1.54) is 0 Å². The van der Waals surface area contributed by atoms with Crippen molar-refractivity contribution in [3.8, 4) is 0 Å². The molecule has 0 unspecified atom stereocenters. The first-order valence-corrected chi connectivity index (χ1v) is 8.61. The van der Waals surface area contributed by atoms with Gasteiger partial charge in [0.1, 0.15) is 5.60 Å². The molecule has 8 heteroatoms. The Morgan fingerprint density at radius 3 is 2.20 bits per heavy atom. The van der Waals surface area contributed by atoms with Gasteiger partial charge in [0.2, 0.25) is 10.0 Å². The number of rotatable bonds is 4. The molecule has 1 fully saturated rings. The smallest absolute Gasteiger partial charge is 0.410 e. The summed E-state index contributed by atoms with van der Waals surface area (Å²) < 4.78 is 29.7. The van der Waals surface area contributed by atoms with Crippen LogP contribution in [-0.2, 0) is 14.8 Å². The molecule has 7 nitrogen and oxygen atoms in total. The number of hydrogen-bond donors (Lipinski definition) is 1. The van der Waals surface area contributed by atoms with Crippen molar-refractivity contribution in [2.75, 3.05) is 45.5 Å². The van der Waals surface area contributed by atoms with Gasteiger partial charge in [0.25, 0.3) is 0 Å². The van der Waals surface area contributed by atoms with Gasteiger partial charge < -0.3 is 9.64 Å². The maximum absolute atomic E-state index is 11.9. The Morgan fingerprint density at radius 1 is 1.20 bits per heavy atom. The molecule has 0 saturated carbocycles. The van der Waals surface area contributed by atoms with Crippen LogP contribution in [0.5, 0.6) is 0 Å². The highest BCUT2D eigenvalue weighted by molar-refractivity contribution is 7.88. The van der Waals surface area contributed by atoms with Gasteiger partial charge in [-0.25, -0.2) is 17.9 Å². The molecule has 0 bridgehead atoms. The van der Waals surface area contributed by atoms with Gasteiger partial charge in [-0.1, -0.05) is 0 Å². The zero-order valence-corrected chi connectivity index (χ0v) is 13.5. The maximum Gasteiger partial charge on any atom is 0.410 e. The van der Waals surface area contributed by atoms with Gasteiger partial charge in [-0.05, 0) is 20.8 Å². The van der Waals surface area contributed by atoms with E-state index in [4.69, 9.17) is 4.74 Å². The monoisotopic (exact) mass is 307 g/mol. The van der Waals surface area contributed by atoms with E-state index < -0.39 is 15.6 Å². The van der Waals surface area contributed by atoms with E-state index in [0.717, 1.165) is 19.3 Å². The zero-order chi connectivity index (χ0) is 15.4. The van der Waals surface area contributed by atoms with Gasteiger partial charge in [-0.3, -0.25) is 4.90 Å². The van der Waals surface area contributed by atoms with Crippen LogP contribution in [0.4, 0.5) is 4.79 Å². The average molecular weight is 307 g/mol. The molecule has 0 aromatic rings. The van der Waals surface area contributed by atoms with Crippen molar-refractivity contribution in [2.45, 2.75) is 26.4 Å². The third-order valence-electron chi connectivity index (χ3n) is 2.82. The van der Waals surface area contributed by atoms with Gasteiger partial charge in [-0.2, -0.15) is 0 Å². The second kappa shape index (κ2) is 6.73. The number of piperazine rings is 1. The second-order valence-electron chi connectivity index (χ2n) is 5.98. The third-order valence-corrected chi connectivity index (χ3v) is 3.54. The molecule has 1 heterocycles. The third kappa shape index (κ3) is 7.06. The molecule has 0 spiro atoms. The maximum atomic E-state index is 11.9. The Morgan fingerprint density at radius 2 is 1.75 bits per heavy atom. The lowest BCUT2D eigenvalue weighted by Gasteiger charge is -2.35. The average Bonchev–Trinajstić information content (AvgIpc) is 2.25. The second-order valence-corrected chi connectivity index (χ2v) is 7.81. The topological polar surface area (TPSA) is 79.0 Å². The normalized spacial score (nSPS) is 18.1. The van der Waals surface area contributed by atoms with E-state index in [2.05, 4.69) is 9.62 Å². The molecule has 1 rings (SSSR count). The number of carbonyl (C=O) groups excluding carboxylic acids is 1. The SMILES string of the molecule is CC(C)(C)OC(=O)N1CCN(CCNS(C)(=O)=O)CC1. The summed E-state index contributed by atoms with van der Waals surface area (Å²) in [7, 11) is -3.13. The Kier molecular flexibility index (Phi) is 5.79. The van der Waals surface area contributed by atoms with Crippen LogP contribution in [0.3, 0.4) is 0 Å². The largest absolute Gasteiger partial charge is 0.444 e. The number of nitrogens with zero attached hydrogens (tertiary/aromatic N) is 2. The van der Waals surface area contributed by atoms with Crippen molar-refractivity contribution in [1.29, 1.82) is 0 Å². The molecule has 1 saturated heterocycles. The van der Waals surface area contributed by atoms with Crippen molar-refractivity contribution in [3.63, 3.8) is 0 Å². The van der Waals surface area contributed by atoms with E-state index in [0.29, 0.717) is 26.2 Å². The molecule has 20 heavy (non-hydrogen) atoms. The van der Waals surface area contributed by atoms with Crippen molar-refractivity contribution >= 4 is 16.1 Å². The number of sulfonamides is 1. The fourth-order valence-corrected chi connectivity index (χ4v) is 2.33. The van der Waals surface area contributed by atoms with E-state index in [1.807, 2.05) is 20.8 Å². The first kappa shape index (κ1) is 17.2. The molecule has 1 amide bonds. The predicted octanol–water partition coefficient (Wildman–Crippen LogP) is 0.0883. The predicted molar refractivity (Wildman–Crippen MR) is 77.1 cm³/mol. The molecular formula is C12H25N3O4S. The summed E-state index contributed by atoms with van der Waals surface area (Å²) in [6, 6.07) is 0. The van der Waals surface area contributed by atoms with Gasteiger partial charge in [0.05, 0.1) is 6.26 Å².